The normalized spacial score (nSPS) is 27.8. The number of nitrogens with zero attached hydrogens (tertiary/aromatic N) is 3. The van der Waals surface area contributed by atoms with Crippen LogP contribution in [0.4, 0.5) is 0 Å². The van der Waals surface area contributed by atoms with Gasteiger partial charge in [0, 0.05) is 30.9 Å². The summed E-state index contributed by atoms with van der Waals surface area (Å²) in [6.45, 7) is 6.01. The SMILES string of the molecule is CC(c1cnn(C)c1)N1CCC(C2CCCN2)CC1. The maximum Gasteiger partial charge on any atom is 0.0537 e. The van der Waals surface area contributed by atoms with E-state index < -0.39 is 0 Å². The lowest BCUT2D eigenvalue weighted by Gasteiger charge is -2.37. The van der Waals surface area contributed by atoms with E-state index >= 15 is 0 Å². The van der Waals surface area contributed by atoms with Crippen LogP contribution >= 0.6 is 0 Å². The van der Waals surface area contributed by atoms with Crippen LogP contribution < -0.4 is 5.32 Å². The molecule has 4 nitrogen and oxygen atoms in total. The molecule has 0 aromatic carbocycles. The Labute approximate surface area is 116 Å². The van der Waals surface area contributed by atoms with Crippen LogP contribution in [-0.2, 0) is 7.05 Å². The van der Waals surface area contributed by atoms with Gasteiger partial charge in [0.2, 0.25) is 0 Å². The van der Waals surface area contributed by atoms with E-state index in [1.54, 1.807) is 0 Å². The molecule has 2 aliphatic rings. The Morgan fingerprint density at radius 1 is 1.32 bits per heavy atom. The Morgan fingerprint density at radius 2 is 2.11 bits per heavy atom. The Balaban J connectivity index is 1.54. The molecule has 3 rings (SSSR count). The molecule has 0 radical (unpaired) electrons. The number of hydrogen-bond donors (Lipinski definition) is 1. The molecule has 1 N–H and O–H groups in total. The van der Waals surface area contributed by atoms with E-state index in [0.717, 1.165) is 12.0 Å². The lowest BCUT2D eigenvalue weighted by molar-refractivity contribution is 0.126. The highest BCUT2D eigenvalue weighted by Crippen LogP contribution is 2.30. The second-order valence-electron chi connectivity index (χ2n) is 6.20. The summed E-state index contributed by atoms with van der Waals surface area (Å²) < 4.78 is 1.90. The molecule has 106 valence electrons. The predicted molar refractivity (Wildman–Crippen MR) is 76.9 cm³/mol. The largest absolute Gasteiger partial charge is 0.314 e. The van der Waals surface area contributed by atoms with Crippen LogP contribution in [0.25, 0.3) is 0 Å². The first kappa shape index (κ1) is 13.1. The lowest BCUT2D eigenvalue weighted by Crippen LogP contribution is -2.41. The van der Waals surface area contributed by atoms with E-state index in [4.69, 9.17) is 0 Å². The topological polar surface area (TPSA) is 33.1 Å². The van der Waals surface area contributed by atoms with E-state index in [9.17, 15) is 0 Å². The molecule has 2 saturated heterocycles. The average Bonchev–Trinajstić information content (AvgIpc) is 3.09. The molecule has 0 bridgehead atoms. The van der Waals surface area contributed by atoms with Gasteiger partial charge in [0.05, 0.1) is 6.20 Å². The first-order chi connectivity index (χ1) is 9.24. The molecular formula is C15H26N4. The molecule has 3 heterocycles. The highest BCUT2D eigenvalue weighted by Gasteiger charge is 2.30. The standard InChI is InChI=1S/C15H26N4/c1-12(14-10-17-18(2)11-14)19-8-5-13(6-9-19)15-4-3-7-16-15/h10-13,15-16H,3-9H2,1-2H3. The zero-order chi connectivity index (χ0) is 13.2. The molecular weight excluding hydrogens is 236 g/mol. The smallest absolute Gasteiger partial charge is 0.0537 e. The molecule has 2 aliphatic heterocycles. The van der Waals surface area contributed by atoms with E-state index in [-0.39, 0.29) is 0 Å². The van der Waals surface area contributed by atoms with Crippen molar-refractivity contribution in [3.8, 4) is 0 Å². The van der Waals surface area contributed by atoms with Crippen molar-refractivity contribution in [3.05, 3.63) is 18.0 Å². The quantitative estimate of drug-likeness (QED) is 0.904. The molecule has 4 heteroatoms. The molecule has 0 saturated carbocycles. The number of aryl methyl sites for hydroxylation is 1. The molecule has 0 amide bonds. The van der Waals surface area contributed by atoms with Crippen molar-refractivity contribution in [2.45, 2.75) is 44.7 Å². The maximum absolute atomic E-state index is 4.29. The van der Waals surface area contributed by atoms with Gasteiger partial charge in [-0.15, -0.1) is 0 Å². The summed E-state index contributed by atoms with van der Waals surface area (Å²) in [7, 11) is 1.99. The average molecular weight is 262 g/mol. The number of hydrogen-bond acceptors (Lipinski definition) is 3. The predicted octanol–water partition coefficient (Wildman–Crippen LogP) is 1.95. The molecule has 0 spiro atoms. The van der Waals surface area contributed by atoms with Gasteiger partial charge in [0.1, 0.15) is 0 Å². The Hall–Kier alpha value is -0.870. The van der Waals surface area contributed by atoms with Gasteiger partial charge in [-0.1, -0.05) is 0 Å². The fourth-order valence-electron chi connectivity index (χ4n) is 3.69. The third-order valence-corrected chi connectivity index (χ3v) is 5.00. The van der Waals surface area contributed by atoms with Crippen molar-refractivity contribution in [1.29, 1.82) is 0 Å². The maximum atomic E-state index is 4.29. The fraction of sp³-hybridized carbons (Fsp3) is 0.800. The van der Waals surface area contributed by atoms with Gasteiger partial charge in [0.15, 0.2) is 0 Å². The van der Waals surface area contributed by atoms with E-state index in [1.807, 2.05) is 17.9 Å². The fourth-order valence-corrected chi connectivity index (χ4v) is 3.69. The van der Waals surface area contributed by atoms with Gasteiger partial charge in [-0.3, -0.25) is 9.58 Å². The Kier molecular flexibility index (Phi) is 3.89. The third-order valence-electron chi connectivity index (χ3n) is 5.00. The zero-order valence-corrected chi connectivity index (χ0v) is 12.2. The van der Waals surface area contributed by atoms with Crippen LogP contribution in [-0.4, -0.2) is 40.4 Å². The minimum atomic E-state index is 0.506. The number of rotatable bonds is 3. The number of piperidine rings is 1. The molecule has 0 aliphatic carbocycles. The van der Waals surface area contributed by atoms with E-state index in [1.165, 1.54) is 50.9 Å². The first-order valence-corrected chi connectivity index (χ1v) is 7.70. The Morgan fingerprint density at radius 3 is 2.68 bits per heavy atom. The lowest BCUT2D eigenvalue weighted by atomic mass is 9.88. The van der Waals surface area contributed by atoms with Crippen LogP contribution in [0.3, 0.4) is 0 Å². The summed E-state index contributed by atoms with van der Waals surface area (Å²) in [5.41, 5.74) is 1.35. The molecule has 19 heavy (non-hydrogen) atoms. The summed E-state index contributed by atoms with van der Waals surface area (Å²) in [5.74, 6) is 0.903. The van der Waals surface area contributed by atoms with Crippen molar-refractivity contribution < 1.29 is 0 Å². The summed E-state index contributed by atoms with van der Waals surface area (Å²) in [5, 5.41) is 7.96. The highest BCUT2D eigenvalue weighted by atomic mass is 15.2. The molecule has 2 unspecified atom stereocenters. The number of likely N-dealkylation sites (tertiary alicyclic amines) is 1. The summed E-state index contributed by atoms with van der Waals surface area (Å²) in [6, 6.07) is 1.31. The highest BCUT2D eigenvalue weighted by molar-refractivity contribution is 5.09. The minimum absolute atomic E-state index is 0.506. The van der Waals surface area contributed by atoms with Gasteiger partial charge in [-0.25, -0.2) is 0 Å². The molecule has 1 aromatic rings. The third kappa shape index (κ3) is 2.84. The van der Waals surface area contributed by atoms with Crippen LogP contribution in [0, 0.1) is 5.92 Å². The Bertz CT molecular complexity index is 400. The van der Waals surface area contributed by atoms with Crippen LogP contribution in [0.2, 0.25) is 0 Å². The van der Waals surface area contributed by atoms with Crippen LogP contribution in [0.5, 0.6) is 0 Å². The summed E-state index contributed by atoms with van der Waals surface area (Å²) >= 11 is 0. The van der Waals surface area contributed by atoms with Gasteiger partial charge in [0.25, 0.3) is 0 Å². The summed E-state index contributed by atoms with van der Waals surface area (Å²) in [4.78, 5) is 2.61. The van der Waals surface area contributed by atoms with Crippen molar-refractivity contribution in [2.75, 3.05) is 19.6 Å². The minimum Gasteiger partial charge on any atom is -0.314 e. The second kappa shape index (κ2) is 5.63. The van der Waals surface area contributed by atoms with Crippen molar-refractivity contribution in [1.82, 2.24) is 20.0 Å². The molecule has 1 aromatic heterocycles. The van der Waals surface area contributed by atoms with Crippen LogP contribution in [0.15, 0.2) is 12.4 Å². The van der Waals surface area contributed by atoms with Gasteiger partial charge < -0.3 is 5.32 Å². The first-order valence-electron chi connectivity index (χ1n) is 7.70. The monoisotopic (exact) mass is 262 g/mol. The number of aromatic nitrogens is 2. The van der Waals surface area contributed by atoms with E-state index in [2.05, 4.69) is 28.4 Å². The van der Waals surface area contributed by atoms with Gasteiger partial charge in [-0.2, -0.15) is 5.10 Å². The summed E-state index contributed by atoms with van der Waals surface area (Å²) in [6.07, 6.45) is 9.62. The van der Waals surface area contributed by atoms with E-state index in [0.29, 0.717) is 6.04 Å². The second-order valence-corrected chi connectivity index (χ2v) is 6.20. The molecule has 2 fully saturated rings. The van der Waals surface area contributed by atoms with Gasteiger partial charge >= 0.3 is 0 Å². The zero-order valence-electron chi connectivity index (χ0n) is 12.2. The molecule has 2 atom stereocenters. The van der Waals surface area contributed by atoms with Crippen LogP contribution in [0.1, 0.15) is 44.2 Å². The van der Waals surface area contributed by atoms with Crippen molar-refractivity contribution >= 4 is 0 Å². The van der Waals surface area contributed by atoms with Crippen molar-refractivity contribution in [3.63, 3.8) is 0 Å². The number of nitrogens with one attached hydrogen (secondary N) is 1. The van der Waals surface area contributed by atoms with Crippen molar-refractivity contribution in [2.24, 2.45) is 13.0 Å². The van der Waals surface area contributed by atoms with Gasteiger partial charge in [-0.05, 0) is 58.2 Å².